The molecule has 0 unspecified atom stereocenters. The van der Waals surface area contributed by atoms with Crippen LogP contribution in [0.15, 0.2) is 11.6 Å². The van der Waals surface area contributed by atoms with E-state index in [1.54, 1.807) is 5.57 Å². The molecule has 0 radical (unpaired) electrons. The molecule has 4 saturated carbocycles. The van der Waals surface area contributed by atoms with E-state index in [2.05, 4.69) is 68.4 Å². The van der Waals surface area contributed by atoms with Crippen molar-refractivity contribution in [1.29, 1.82) is 0 Å². The van der Waals surface area contributed by atoms with Gasteiger partial charge in [0, 0.05) is 11.8 Å². The maximum atomic E-state index is 13.2. The quantitative estimate of drug-likeness (QED) is 0.106. The van der Waals surface area contributed by atoms with E-state index in [1.807, 2.05) is 0 Å². The van der Waals surface area contributed by atoms with Gasteiger partial charge in [0.25, 0.3) is 0 Å². The average Bonchev–Trinajstić information content (AvgIpc) is 3.03. The number of esters is 1. The first-order valence-electron chi connectivity index (χ1n) is 21.7. The predicted molar refractivity (Wildman–Crippen MR) is 206 cm³/mol. The summed E-state index contributed by atoms with van der Waals surface area (Å²) in [4.78, 5) is 13.2. The van der Waals surface area contributed by atoms with E-state index < -0.39 is 0 Å². The second-order valence-corrected chi connectivity index (χ2v) is 20.3. The Balaban J connectivity index is 1.14. The summed E-state index contributed by atoms with van der Waals surface area (Å²) in [6, 6.07) is 0. The lowest BCUT2D eigenvalue weighted by molar-refractivity contribution is -0.278. The Labute approximate surface area is 304 Å². The standard InChI is InChI=1S/C46H80O3/c1-10-11-12-13-14-15-16-17-18-19-20-21-22-23-39(48)49-38-27-29-44(7)37-25-24-35-40-34(3)33(2)26-28-43(40,6)30-31-45(35,8)46(37,9)32-36(47)41(44)42(38,4)5/h26,34-38,40-41,47H,10-25,27-32H2,1-9H3/t34-,35-,36-,37-,38+,40-,41+,43-,44-,45-,46-/m1/s1. The number of hydrogen-bond acceptors (Lipinski definition) is 3. The monoisotopic (exact) mass is 681 g/mol. The van der Waals surface area contributed by atoms with E-state index in [0.29, 0.717) is 23.7 Å². The van der Waals surface area contributed by atoms with Crippen LogP contribution in [0, 0.1) is 56.7 Å². The van der Waals surface area contributed by atoms with Gasteiger partial charge in [0.2, 0.25) is 0 Å². The molecule has 0 aromatic carbocycles. The molecule has 5 rings (SSSR count). The normalized spacial score (nSPS) is 42.7. The van der Waals surface area contributed by atoms with E-state index in [4.69, 9.17) is 4.74 Å². The molecule has 11 atom stereocenters. The van der Waals surface area contributed by atoms with Crippen LogP contribution in [0.25, 0.3) is 0 Å². The van der Waals surface area contributed by atoms with Crippen molar-refractivity contribution in [1.82, 2.24) is 0 Å². The summed E-state index contributed by atoms with van der Waals surface area (Å²) in [5.41, 5.74) is 2.24. The van der Waals surface area contributed by atoms with Gasteiger partial charge in [-0.05, 0) is 116 Å². The first-order valence-corrected chi connectivity index (χ1v) is 21.7. The van der Waals surface area contributed by atoms with Gasteiger partial charge in [0.1, 0.15) is 6.10 Å². The van der Waals surface area contributed by atoms with Crippen molar-refractivity contribution in [2.75, 3.05) is 0 Å². The molecular formula is C46H80O3. The molecule has 0 aliphatic heterocycles. The third-order valence-electron chi connectivity index (χ3n) is 17.1. The number of fused-ring (bicyclic) bond motifs is 7. The van der Waals surface area contributed by atoms with Crippen LogP contribution in [-0.2, 0) is 9.53 Å². The first-order chi connectivity index (χ1) is 23.2. The van der Waals surface area contributed by atoms with Gasteiger partial charge in [-0.3, -0.25) is 4.79 Å². The number of unbranched alkanes of at least 4 members (excludes halogenated alkanes) is 12. The van der Waals surface area contributed by atoms with Crippen LogP contribution in [0.1, 0.15) is 204 Å². The molecule has 0 bridgehead atoms. The summed E-state index contributed by atoms with van der Waals surface area (Å²) in [6.45, 7) is 22.2. The largest absolute Gasteiger partial charge is 0.462 e. The van der Waals surface area contributed by atoms with Crippen molar-refractivity contribution in [2.45, 2.75) is 216 Å². The lowest BCUT2D eigenvalue weighted by atomic mass is 9.31. The summed E-state index contributed by atoms with van der Waals surface area (Å²) in [5.74, 6) is 2.89. The van der Waals surface area contributed by atoms with Crippen molar-refractivity contribution in [3.8, 4) is 0 Å². The minimum Gasteiger partial charge on any atom is -0.462 e. The van der Waals surface area contributed by atoms with Gasteiger partial charge < -0.3 is 9.84 Å². The van der Waals surface area contributed by atoms with Crippen molar-refractivity contribution in [3.63, 3.8) is 0 Å². The predicted octanol–water partition coefficient (Wildman–Crippen LogP) is 13.0. The zero-order valence-corrected chi connectivity index (χ0v) is 33.9. The maximum Gasteiger partial charge on any atom is 0.306 e. The number of aliphatic hydroxyl groups is 1. The molecule has 0 heterocycles. The molecule has 49 heavy (non-hydrogen) atoms. The van der Waals surface area contributed by atoms with Crippen molar-refractivity contribution < 1.29 is 14.6 Å². The van der Waals surface area contributed by atoms with E-state index in [1.165, 1.54) is 103 Å². The molecular weight excluding hydrogens is 601 g/mol. The molecule has 282 valence electrons. The smallest absolute Gasteiger partial charge is 0.306 e. The molecule has 5 aliphatic rings. The van der Waals surface area contributed by atoms with Crippen molar-refractivity contribution in [3.05, 3.63) is 11.6 Å². The SMILES string of the molecule is CCCCCCCCCCCCCCCC(=O)O[C@H]1CC[C@]2(C)[C@H]3CC[C@@H]4[C@H]5[C@H](C)C(C)=CC[C@]5(C)CC[C@@]4(C)[C@]3(C)C[C@@H](O)[C@H]2C1(C)C. The number of carbonyl (C=O) groups excluding carboxylic acids is 1. The molecule has 0 aromatic heterocycles. The molecule has 0 saturated heterocycles. The molecule has 3 heteroatoms. The summed E-state index contributed by atoms with van der Waals surface area (Å²) < 4.78 is 6.36. The Hall–Kier alpha value is -0.830. The minimum atomic E-state index is -0.349. The fraction of sp³-hybridized carbons (Fsp3) is 0.935. The number of aliphatic hydroxyl groups excluding tert-OH is 1. The van der Waals surface area contributed by atoms with Gasteiger partial charge in [-0.2, -0.15) is 0 Å². The van der Waals surface area contributed by atoms with Crippen molar-refractivity contribution >= 4 is 5.97 Å². The highest BCUT2D eigenvalue weighted by atomic mass is 16.5. The van der Waals surface area contributed by atoms with Crippen LogP contribution in [0.5, 0.6) is 0 Å². The van der Waals surface area contributed by atoms with Gasteiger partial charge in [0.15, 0.2) is 0 Å². The Bertz CT molecular complexity index is 1140. The summed E-state index contributed by atoms with van der Waals surface area (Å²) in [7, 11) is 0. The zero-order valence-electron chi connectivity index (χ0n) is 33.9. The Morgan fingerprint density at radius 2 is 1.39 bits per heavy atom. The number of rotatable bonds is 15. The highest BCUT2D eigenvalue weighted by Crippen LogP contribution is 2.76. The van der Waals surface area contributed by atoms with E-state index >= 15 is 0 Å². The van der Waals surface area contributed by atoms with Gasteiger partial charge >= 0.3 is 5.97 Å². The molecule has 1 N–H and O–H groups in total. The molecule has 5 aliphatic carbocycles. The van der Waals surface area contributed by atoms with Crippen LogP contribution in [0.2, 0.25) is 0 Å². The summed E-state index contributed by atoms with van der Waals surface area (Å²) >= 11 is 0. The highest BCUT2D eigenvalue weighted by Gasteiger charge is 2.71. The van der Waals surface area contributed by atoms with E-state index in [9.17, 15) is 9.90 Å². The highest BCUT2D eigenvalue weighted by molar-refractivity contribution is 5.69. The topological polar surface area (TPSA) is 46.5 Å². The Morgan fingerprint density at radius 3 is 2.00 bits per heavy atom. The summed E-state index contributed by atoms with van der Waals surface area (Å²) in [5, 5.41) is 12.3. The van der Waals surface area contributed by atoms with Crippen LogP contribution < -0.4 is 0 Å². The third kappa shape index (κ3) is 7.38. The van der Waals surface area contributed by atoms with Gasteiger partial charge in [-0.1, -0.05) is 144 Å². The number of hydrogen-bond donors (Lipinski definition) is 1. The van der Waals surface area contributed by atoms with Crippen LogP contribution in [-0.4, -0.2) is 23.3 Å². The van der Waals surface area contributed by atoms with Gasteiger partial charge in [-0.15, -0.1) is 0 Å². The minimum absolute atomic E-state index is 0.0101. The second-order valence-electron chi connectivity index (χ2n) is 20.3. The van der Waals surface area contributed by atoms with E-state index in [0.717, 1.165) is 43.9 Å². The fourth-order valence-corrected chi connectivity index (χ4v) is 14.1. The van der Waals surface area contributed by atoms with Crippen LogP contribution in [0.3, 0.4) is 0 Å². The van der Waals surface area contributed by atoms with E-state index in [-0.39, 0.29) is 45.8 Å². The molecule has 0 aromatic rings. The second kappa shape index (κ2) is 15.6. The Morgan fingerprint density at radius 1 is 0.796 bits per heavy atom. The van der Waals surface area contributed by atoms with Gasteiger partial charge in [0.05, 0.1) is 6.10 Å². The fourth-order valence-electron chi connectivity index (χ4n) is 14.1. The first kappa shape index (κ1) is 39.4. The molecule has 0 spiro atoms. The van der Waals surface area contributed by atoms with Crippen LogP contribution in [0.4, 0.5) is 0 Å². The number of allylic oxidation sites excluding steroid dienone is 2. The molecule has 0 amide bonds. The lowest BCUT2D eigenvalue weighted by Crippen LogP contribution is -2.70. The molecule has 3 nitrogen and oxygen atoms in total. The zero-order chi connectivity index (χ0) is 35.7. The Kier molecular flexibility index (Phi) is 12.6. The average molecular weight is 681 g/mol. The molecule has 4 fully saturated rings. The van der Waals surface area contributed by atoms with Crippen LogP contribution >= 0.6 is 0 Å². The third-order valence-corrected chi connectivity index (χ3v) is 17.1. The number of ether oxygens (including phenoxy) is 1. The lowest BCUT2D eigenvalue weighted by Gasteiger charge is -2.74. The summed E-state index contributed by atoms with van der Waals surface area (Å²) in [6.07, 6.45) is 29.1. The maximum absolute atomic E-state index is 13.2. The van der Waals surface area contributed by atoms with Gasteiger partial charge in [-0.25, -0.2) is 0 Å². The van der Waals surface area contributed by atoms with Crippen molar-refractivity contribution in [2.24, 2.45) is 56.7 Å². The number of carbonyl (C=O) groups is 1.